The van der Waals surface area contributed by atoms with E-state index in [0.717, 1.165) is 17.0 Å². The molecule has 10 heteroatoms. The van der Waals surface area contributed by atoms with Crippen LogP contribution >= 0.6 is 22.9 Å². The number of thiazole rings is 1. The van der Waals surface area contributed by atoms with E-state index in [-0.39, 0.29) is 5.28 Å². The average Bonchev–Trinajstić information content (AvgIpc) is 3.18. The van der Waals surface area contributed by atoms with E-state index < -0.39 is 27.5 Å². The minimum atomic E-state index is -2.11. The van der Waals surface area contributed by atoms with Gasteiger partial charge in [-0.3, -0.25) is 0 Å². The van der Waals surface area contributed by atoms with Gasteiger partial charge in [0.1, 0.15) is 16.5 Å². The minimum absolute atomic E-state index is 0.125. The summed E-state index contributed by atoms with van der Waals surface area (Å²) >= 11 is 7.27. The van der Waals surface area contributed by atoms with Gasteiger partial charge in [-0.15, -0.1) is 11.3 Å². The molecule has 0 saturated carbocycles. The highest BCUT2D eigenvalue weighted by Gasteiger charge is 2.17. The van der Waals surface area contributed by atoms with Crippen molar-refractivity contribution in [1.82, 2.24) is 15.0 Å². The fraction of sp³-hybridized carbons (Fsp3) is 0. The van der Waals surface area contributed by atoms with Crippen LogP contribution in [0.1, 0.15) is 0 Å². The van der Waals surface area contributed by atoms with E-state index in [0.29, 0.717) is 22.6 Å². The summed E-state index contributed by atoms with van der Waals surface area (Å²) in [6, 6.07) is 11.9. The number of nitrogens with zero attached hydrogens (tertiary/aromatic N) is 3. The van der Waals surface area contributed by atoms with Crippen molar-refractivity contribution in [1.29, 1.82) is 0 Å². The van der Waals surface area contributed by atoms with Crippen molar-refractivity contribution in [2.24, 2.45) is 0 Å². The smallest absolute Gasteiger partial charge is 0.222 e. The third-order valence-corrected chi connectivity index (χ3v) is 6.09. The lowest BCUT2D eigenvalue weighted by Crippen LogP contribution is -2.09. The molecule has 0 aliphatic carbocycles. The molecule has 0 saturated heterocycles. The van der Waals surface area contributed by atoms with E-state index >= 15 is 0 Å². The number of rotatable bonds is 5. The van der Waals surface area contributed by atoms with E-state index in [4.69, 9.17) is 11.6 Å². The van der Waals surface area contributed by atoms with Crippen LogP contribution in [0.2, 0.25) is 5.28 Å². The third kappa shape index (κ3) is 4.16. The predicted octanol–water partition coefficient (Wildman–Crippen LogP) is 5.33. The van der Waals surface area contributed by atoms with Crippen LogP contribution in [0.5, 0.6) is 0 Å². The summed E-state index contributed by atoms with van der Waals surface area (Å²) < 4.78 is 42.8. The van der Waals surface area contributed by atoms with Gasteiger partial charge in [-0.05, 0) is 41.9 Å². The van der Waals surface area contributed by atoms with Crippen LogP contribution in [0.4, 0.5) is 14.5 Å². The fourth-order valence-electron chi connectivity index (χ4n) is 2.64. The van der Waals surface area contributed by atoms with Gasteiger partial charge in [0.15, 0.2) is 11.0 Å². The summed E-state index contributed by atoms with van der Waals surface area (Å²) in [6.45, 7) is 0. The Labute approximate surface area is 176 Å². The van der Waals surface area contributed by atoms with Gasteiger partial charge in [0.05, 0.1) is 21.8 Å². The quantitative estimate of drug-likeness (QED) is 0.419. The van der Waals surface area contributed by atoms with E-state index in [1.807, 2.05) is 6.07 Å². The molecule has 1 N–H and O–H groups in total. The molecule has 4 aromatic rings. The van der Waals surface area contributed by atoms with Gasteiger partial charge in [-0.25, -0.2) is 27.9 Å². The van der Waals surface area contributed by atoms with Crippen molar-refractivity contribution in [2.75, 3.05) is 4.72 Å². The van der Waals surface area contributed by atoms with Crippen molar-refractivity contribution >= 4 is 39.6 Å². The van der Waals surface area contributed by atoms with Crippen LogP contribution in [-0.2, 0) is 11.0 Å². The van der Waals surface area contributed by atoms with Crippen LogP contribution in [0, 0.1) is 11.6 Å². The molecule has 1 atom stereocenters. The van der Waals surface area contributed by atoms with Gasteiger partial charge in [0.25, 0.3) is 0 Å². The number of benzene rings is 2. The molecule has 0 aliphatic heterocycles. The summed E-state index contributed by atoms with van der Waals surface area (Å²) in [5.41, 5.74) is 4.08. The van der Waals surface area contributed by atoms with Gasteiger partial charge in [-0.2, -0.15) is 0 Å². The molecule has 4 rings (SSSR count). The minimum Gasteiger partial charge on any atom is -0.301 e. The highest BCUT2D eigenvalue weighted by Crippen LogP contribution is 2.35. The first-order valence-electron chi connectivity index (χ1n) is 8.18. The average molecular weight is 449 g/mol. The van der Waals surface area contributed by atoms with Crippen LogP contribution in [0.3, 0.4) is 0 Å². The van der Waals surface area contributed by atoms with Crippen LogP contribution in [0.25, 0.3) is 21.8 Å². The number of aromatic nitrogens is 3. The van der Waals surface area contributed by atoms with E-state index in [2.05, 4.69) is 19.7 Å². The molecule has 0 fully saturated rings. The van der Waals surface area contributed by atoms with Crippen LogP contribution in [-0.4, -0.2) is 19.2 Å². The predicted molar refractivity (Wildman–Crippen MR) is 110 cm³/mol. The molecule has 29 heavy (non-hydrogen) atoms. The van der Waals surface area contributed by atoms with Gasteiger partial charge < -0.3 is 4.72 Å². The highest BCUT2D eigenvalue weighted by atomic mass is 35.5. The Morgan fingerprint density at radius 2 is 1.79 bits per heavy atom. The molecule has 146 valence electrons. The van der Waals surface area contributed by atoms with Gasteiger partial charge >= 0.3 is 0 Å². The maximum Gasteiger partial charge on any atom is 0.222 e. The zero-order chi connectivity index (χ0) is 20.4. The molecule has 2 aromatic heterocycles. The number of nitrogens with one attached hydrogen (secondary N) is 1. The fourth-order valence-corrected chi connectivity index (χ4v) is 4.50. The molecule has 1 unspecified atom stereocenters. The molecule has 5 nitrogen and oxygen atoms in total. The third-order valence-electron chi connectivity index (χ3n) is 3.88. The maximum atomic E-state index is 13.9. The Bertz CT molecular complexity index is 1200. The first-order chi connectivity index (χ1) is 14.0. The van der Waals surface area contributed by atoms with Gasteiger partial charge in [-0.1, -0.05) is 18.2 Å². The molecule has 0 amide bonds. The van der Waals surface area contributed by atoms with Crippen LogP contribution in [0.15, 0.2) is 65.1 Å². The Balaban J connectivity index is 1.66. The number of anilines is 1. The zero-order valence-corrected chi connectivity index (χ0v) is 16.9. The van der Waals surface area contributed by atoms with E-state index in [1.54, 1.807) is 36.0 Å². The van der Waals surface area contributed by atoms with Crippen molar-refractivity contribution in [3.05, 3.63) is 77.2 Å². The highest BCUT2D eigenvalue weighted by molar-refractivity contribution is 7.86. The summed E-state index contributed by atoms with van der Waals surface area (Å²) in [6.07, 6.45) is 1.55. The number of hydrogen-bond donors (Lipinski definition) is 1. The molecule has 2 aromatic carbocycles. The van der Waals surface area contributed by atoms with Crippen molar-refractivity contribution in [3.8, 4) is 21.8 Å². The molecule has 0 radical (unpaired) electrons. The van der Waals surface area contributed by atoms with Gasteiger partial charge in [0, 0.05) is 17.4 Å². The lowest BCUT2D eigenvalue weighted by atomic mass is 10.1. The maximum absolute atomic E-state index is 13.9. The Hall–Kier alpha value is -2.75. The Morgan fingerprint density at radius 3 is 2.55 bits per heavy atom. The zero-order valence-electron chi connectivity index (χ0n) is 14.5. The van der Waals surface area contributed by atoms with E-state index in [1.165, 1.54) is 17.4 Å². The topological polar surface area (TPSA) is 67.8 Å². The second-order valence-corrected chi connectivity index (χ2v) is 8.09. The molecule has 0 aliphatic rings. The standard InChI is InChI=1S/C19H11ClF2N4OS2/c20-19-23-8-7-15(25-19)17-16(24-10-28-17)11-3-1-4-12(9-11)26-29(27)18-13(21)5-2-6-14(18)22/h1-10,26H. The Kier molecular flexibility index (Phi) is 5.61. The molecule has 0 bridgehead atoms. The van der Waals surface area contributed by atoms with Crippen molar-refractivity contribution in [3.63, 3.8) is 0 Å². The largest absolute Gasteiger partial charge is 0.301 e. The number of hydrogen-bond acceptors (Lipinski definition) is 5. The van der Waals surface area contributed by atoms with Gasteiger partial charge in [0.2, 0.25) is 5.28 Å². The lowest BCUT2D eigenvalue weighted by Gasteiger charge is -2.09. The molecule has 2 heterocycles. The number of halogens is 3. The van der Waals surface area contributed by atoms with Crippen LogP contribution < -0.4 is 4.72 Å². The first-order valence-corrected chi connectivity index (χ1v) is 10.6. The second-order valence-electron chi connectivity index (χ2n) is 5.74. The van der Waals surface area contributed by atoms with Crippen molar-refractivity contribution in [2.45, 2.75) is 4.90 Å². The van der Waals surface area contributed by atoms with Crippen molar-refractivity contribution < 1.29 is 13.0 Å². The molecule has 0 spiro atoms. The summed E-state index contributed by atoms with van der Waals surface area (Å²) in [5.74, 6) is -1.76. The first kappa shape index (κ1) is 19.6. The molecular weight excluding hydrogens is 438 g/mol. The SMILES string of the molecule is O=S(Nc1cccc(-c2ncsc2-c2ccnc(Cl)n2)c1)c1c(F)cccc1F. The summed E-state index contributed by atoms with van der Waals surface area (Å²) in [7, 11) is -2.11. The normalized spacial score (nSPS) is 12.0. The lowest BCUT2D eigenvalue weighted by molar-refractivity contribution is 0.535. The van der Waals surface area contributed by atoms with E-state index in [9.17, 15) is 13.0 Å². The summed E-state index contributed by atoms with van der Waals surface area (Å²) in [4.78, 5) is 12.7. The second kappa shape index (κ2) is 8.32. The molecular formula is C19H11ClF2N4OS2. The Morgan fingerprint density at radius 1 is 1.03 bits per heavy atom. The summed E-state index contributed by atoms with van der Waals surface area (Å²) in [5, 5.41) is 0.125. The monoisotopic (exact) mass is 448 g/mol.